The van der Waals surface area contributed by atoms with Gasteiger partial charge in [0.15, 0.2) is 0 Å². The fraction of sp³-hybridized carbons (Fsp3) is 0.429. The lowest BCUT2D eigenvalue weighted by atomic mass is 10.2. The van der Waals surface area contributed by atoms with Gasteiger partial charge in [0.1, 0.15) is 5.75 Å². The molecule has 4 nitrogen and oxygen atoms in total. The maximum Gasteiger partial charge on any atom is 0.116 e. The summed E-state index contributed by atoms with van der Waals surface area (Å²) >= 11 is 0. The summed E-state index contributed by atoms with van der Waals surface area (Å²) in [5.41, 5.74) is 2.32. The zero-order valence-electron chi connectivity index (χ0n) is 10.7. The number of phenols is 1. The number of likely N-dealkylation sites (N-methyl/N-ethyl adjacent to an activating group) is 1. The van der Waals surface area contributed by atoms with E-state index in [-0.39, 0.29) is 0 Å². The van der Waals surface area contributed by atoms with Crippen molar-refractivity contribution in [2.45, 2.75) is 6.54 Å². The monoisotopic (exact) mass is 245 g/mol. The van der Waals surface area contributed by atoms with Crippen molar-refractivity contribution in [1.29, 1.82) is 0 Å². The van der Waals surface area contributed by atoms with Gasteiger partial charge in [0.05, 0.1) is 0 Å². The third-order valence-electron chi connectivity index (χ3n) is 3.65. The number of piperazine rings is 1. The molecule has 1 aromatic carbocycles. The summed E-state index contributed by atoms with van der Waals surface area (Å²) in [6, 6.07) is 7.59. The summed E-state index contributed by atoms with van der Waals surface area (Å²) in [5.74, 6) is 0.327. The molecule has 0 amide bonds. The Balaban J connectivity index is 1.74. The predicted octanol–water partition coefficient (Wildman–Crippen LogP) is 1.62. The summed E-state index contributed by atoms with van der Waals surface area (Å²) in [6.07, 6.45) is 0. The molecule has 2 heterocycles. The van der Waals surface area contributed by atoms with Crippen LogP contribution in [0.4, 0.5) is 0 Å². The number of H-pyrrole nitrogens is 1. The lowest BCUT2D eigenvalue weighted by Gasteiger charge is -2.31. The van der Waals surface area contributed by atoms with E-state index in [1.807, 2.05) is 6.07 Å². The Bertz CT molecular complexity index is 541. The van der Waals surface area contributed by atoms with Crippen molar-refractivity contribution < 1.29 is 5.11 Å². The van der Waals surface area contributed by atoms with Gasteiger partial charge in [-0.2, -0.15) is 0 Å². The molecule has 0 bridgehead atoms. The molecule has 1 fully saturated rings. The summed E-state index contributed by atoms with van der Waals surface area (Å²) < 4.78 is 0. The van der Waals surface area contributed by atoms with Crippen molar-refractivity contribution in [2.75, 3.05) is 33.2 Å². The molecule has 1 saturated heterocycles. The van der Waals surface area contributed by atoms with Crippen molar-refractivity contribution >= 4 is 10.9 Å². The molecule has 1 aromatic heterocycles. The first-order valence-corrected chi connectivity index (χ1v) is 6.42. The maximum absolute atomic E-state index is 9.46. The van der Waals surface area contributed by atoms with E-state index in [4.69, 9.17) is 0 Å². The van der Waals surface area contributed by atoms with Crippen molar-refractivity contribution in [3.8, 4) is 5.75 Å². The van der Waals surface area contributed by atoms with Crippen LogP contribution in [-0.2, 0) is 6.54 Å². The van der Waals surface area contributed by atoms with Crippen LogP contribution in [0.2, 0.25) is 0 Å². The number of aromatic hydroxyl groups is 1. The zero-order chi connectivity index (χ0) is 12.5. The van der Waals surface area contributed by atoms with Gasteiger partial charge in [0.25, 0.3) is 0 Å². The molecule has 3 rings (SSSR count). The summed E-state index contributed by atoms with van der Waals surface area (Å²) in [7, 11) is 2.17. The minimum atomic E-state index is 0.327. The molecule has 4 heteroatoms. The smallest absolute Gasteiger partial charge is 0.116 e. The molecular formula is C14H19N3O. The molecule has 0 radical (unpaired) electrons. The van der Waals surface area contributed by atoms with Crippen LogP contribution in [-0.4, -0.2) is 53.1 Å². The Hall–Kier alpha value is -1.52. The molecule has 1 aliphatic rings. The average Bonchev–Trinajstić information content (AvgIpc) is 2.73. The molecule has 96 valence electrons. The lowest BCUT2D eigenvalue weighted by molar-refractivity contribution is 0.147. The van der Waals surface area contributed by atoms with Crippen LogP contribution < -0.4 is 0 Å². The van der Waals surface area contributed by atoms with Crippen LogP contribution in [0.3, 0.4) is 0 Å². The molecule has 0 atom stereocenters. The topological polar surface area (TPSA) is 42.5 Å². The second-order valence-corrected chi connectivity index (χ2v) is 5.15. The maximum atomic E-state index is 9.46. The Labute approximate surface area is 107 Å². The van der Waals surface area contributed by atoms with Gasteiger partial charge in [0, 0.05) is 49.3 Å². The Morgan fingerprint density at radius 3 is 2.72 bits per heavy atom. The Kier molecular flexibility index (Phi) is 2.97. The van der Waals surface area contributed by atoms with Gasteiger partial charge in [-0.3, -0.25) is 4.90 Å². The highest BCUT2D eigenvalue weighted by molar-refractivity contribution is 5.81. The fourth-order valence-corrected chi connectivity index (χ4v) is 2.51. The van der Waals surface area contributed by atoms with E-state index < -0.39 is 0 Å². The van der Waals surface area contributed by atoms with Gasteiger partial charge < -0.3 is 15.0 Å². The minimum Gasteiger partial charge on any atom is -0.508 e. The minimum absolute atomic E-state index is 0.327. The van der Waals surface area contributed by atoms with Gasteiger partial charge in [0.2, 0.25) is 0 Å². The standard InChI is InChI=1S/C14H19N3O/c1-16-4-6-17(7-5-16)10-12-8-11-9-13(18)2-3-14(11)15-12/h2-3,8-9,15,18H,4-7,10H2,1H3. The van der Waals surface area contributed by atoms with Crippen LogP contribution in [0.15, 0.2) is 24.3 Å². The molecular weight excluding hydrogens is 226 g/mol. The molecule has 0 saturated carbocycles. The number of hydrogen-bond donors (Lipinski definition) is 2. The third-order valence-corrected chi connectivity index (χ3v) is 3.65. The number of aromatic nitrogens is 1. The zero-order valence-corrected chi connectivity index (χ0v) is 10.7. The Morgan fingerprint density at radius 1 is 1.17 bits per heavy atom. The van der Waals surface area contributed by atoms with Crippen LogP contribution in [0, 0.1) is 0 Å². The van der Waals surface area contributed by atoms with E-state index in [2.05, 4.69) is 27.9 Å². The summed E-state index contributed by atoms with van der Waals surface area (Å²) in [4.78, 5) is 8.24. The van der Waals surface area contributed by atoms with Gasteiger partial charge in [-0.1, -0.05) is 0 Å². The summed E-state index contributed by atoms with van der Waals surface area (Å²) in [5, 5.41) is 10.5. The second kappa shape index (κ2) is 4.63. The molecule has 2 N–H and O–H groups in total. The van der Waals surface area contributed by atoms with Crippen molar-refractivity contribution in [2.24, 2.45) is 0 Å². The van der Waals surface area contributed by atoms with Crippen LogP contribution >= 0.6 is 0 Å². The summed E-state index contributed by atoms with van der Waals surface area (Å²) in [6.45, 7) is 5.49. The van der Waals surface area contributed by atoms with E-state index in [1.54, 1.807) is 12.1 Å². The van der Waals surface area contributed by atoms with Crippen molar-refractivity contribution in [3.05, 3.63) is 30.0 Å². The third kappa shape index (κ3) is 2.35. The number of phenolic OH excluding ortho intramolecular Hbond substituents is 1. The number of hydrogen-bond acceptors (Lipinski definition) is 3. The van der Waals surface area contributed by atoms with Crippen molar-refractivity contribution in [1.82, 2.24) is 14.8 Å². The van der Waals surface area contributed by atoms with E-state index in [0.29, 0.717) is 5.75 Å². The highest BCUT2D eigenvalue weighted by atomic mass is 16.3. The first-order valence-electron chi connectivity index (χ1n) is 6.42. The number of fused-ring (bicyclic) bond motifs is 1. The second-order valence-electron chi connectivity index (χ2n) is 5.15. The normalized spacial score (nSPS) is 18.5. The van der Waals surface area contributed by atoms with Gasteiger partial charge >= 0.3 is 0 Å². The first kappa shape index (κ1) is 11.6. The molecule has 18 heavy (non-hydrogen) atoms. The van der Waals surface area contributed by atoms with E-state index in [9.17, 15) is 5.11 Å². The number of benzene rings is 1. The SMILES string of the molecule is CN1CCN(Cc2cc3cc(O)ccc3[nH]2)CC1. The highest BCUT2D eigenvalue weighted by Gasteiger charge is 2.14. The quantitative estimate of drug-likeness (QED) is 0.845. The number of nitrogens with one attached hydrogen (secondary N) is 1. The largest absolute Gasteiger partial charge is 0.508 e. The van der Waals surface area contributed by atoms with Gasteiger partial charge in [-0.25, -0.2) is 0 Å². The lowest BCUT2D eigenvalue weighted by Crippen LogP contribution is -2.43. The van der Waals surface area contributed by atoms with E-state index in [0.717, 1.165) is 43.6 Å². The molecule has 0 unspecified atom stereocenters. The molecule has 2 aromatic rings. The average molecular weight is 245 g/mol. The molecule has 1 aliphatic heterocycles. The molecule has 0 aliphatic carbocycles. The Morgan fingerprint density at radius 2 is 1.94 bits per heavy atom. The predicted molar refractivity (Wildman–Crippen MR) is 72.7 cm³/mol. The van der Waals surface area contributed by atoms with Crippen molar-refractivity contribution in [3.63, 3.8) is 0 Å². The van der Waals surface area contributed by atoms with E-state index in [1.165, 1.54) is 5.69 Å². The first-order chi connectivity index (χ1) is 8.70. The number of rotatable bonds is 2. The highest BCUT2D eigenvalue weighted by Crippen LogP contribution is 2.21. The van der Waals surface area contributed by atoms with Crippen LogP contribution in [0.5, 0.6) is 5.75 Å². The van der Waals surface area contributed by atoms with Gasteiger partial charge in [-0.05, 0) is 31.3 Å². The number of aromatic amines is 1. The van der Waals surface area contributed by atoms with Gasteiger partial charge in [-0.15, -0.1) is 0 Å². The van der Waals surface area contributed by atoms with Crippen LogP contribution in [0.25, 0.3) is 10.9 Å². The number of nitrogens with zero attached hydrogens (tertiary/aromatic N) is 2. The fourth-order valence-electron chi connectivity index (χ4n) is 2.51. The van der Waals surface area contributed by atoms with Crippen LogP contribution in [0.1, 0.15) is 5.69 Å². The molecule has 0 spiro atoms. The van der Waals surface area contributed by atoms with E-state index >= 15 is 0 Å².